The highest BCUT2D eigenvalue weighted by Gasteiger charge is 2.04. The van der Waals surface area contributed by atoms with E-state index in [1.165, 1.54) is 19.3 Å². The Bertz CT molecular complexity index is 124. The third-order valence-electron chi connectivity index (χ3n) is 2.23. The van der Waals surface area contributed by atoms with Gasteiger partial charge in [-0.15, -0.1) is 0 Å². The summed E-state index contributed by atoms with van der Waals surface area (Å²) >= 11 is 0. The second-order valence-electron chi connectivity index (χ2n) is 3.48. The first-order chi connectivity index (χ1) is 6.39. The van der Waals surface area contributed by atoms with Crippen molar-refractivity contribution in [1.82, 2.24) is 5.32 Å². The van der Waals surface area contributed by atoms with Crippen LogP contribution in [0.1, 0.15) is 38.5 Å². The molecule has 0 radical (unpaired) electrons. The summed E-state index contributed by atoms with van der Waals surface area (Å²) < 4.78 is 5.07. The third-order valence-corrected chi connectivity index (χ3v) is 2.23. The summed E-state index contributed by atoms with van der Waals surface area (Å²) in [4.78, 5) is 10.4. The van der Waals surface area contributed by atoms with E-state index in [2.05, 4.69) is 5.32 Å². The van der Waals surface area contributed by atoms with Gasteiger partial charge in [-0.3, -0.25) is 4.79 Å². The Balaban J connectivity index is 0.000000132. The molecule has 2 aliphatic rings. The minimum atomic E-state index is 0.214. The molecule has 0 atom stereocenters. The molecule has 0 aliphatic carbocycles. The lowest BCUT2D eigenvalue weighted by Crippen LogP contribution is -2.28. The fourth-order valence-corrected chi connectivity index (χ4v) is 1.41. The van der Waals surface area contributed by atoms with Gasteiger partial charge in [0.25, 0.3) is 0 Å². The maximum Gasteiger partial charge on any atom is 0.219 e. The number of hydrogen-bond donors (Lipinski definition) is 1. The lowest BCUT2D eigenvalue weighted by molar-refractivity contribution is -0.122. The first-order valence-electron chi connectivity index (χ1n) is 5.24. The summed E-state index contributed by atoms with van der Waals surface area (Å²) in [7, 11) is 0. The molecule has 2 heterocycles. The van der Waals surface area contributed by atoms with Gasteiger partial charge in [0.15, 0.2) is 0 Å². The van der Waals surface area contributed by atoms with Crippen molar-refractivity contribution in [3.05, 3.63) is 0 Å². The van der Waals surface area contributed by atoms with Crippen molar-refractivity contribution in [2.75, 3.05) is 19.8 Å². The fourth-order valence-electron chi connectivity index (χ4n) is 1.41. The number of piperidine rings is 1. The average molecular weight is 185 g/mol. The van der Waals surface area contributed by atoms with E-state index in [0.717, 1.165) is 39.0 Å². The minimum absolute atomic E-state index is 0.214. The standard InChI is InChI=1S/C5H9NO.C5H10O/c7-5-3-1-2-4-6-5;1-2-4-6-5-3-1/h1-4H2,(H,6,7);1-5H2. The van der Waals surface area contributed by atoms with Gasteiger partial charge < -0.3 is 10.1 Å². The Kier molecular flexibility index (Phi) is 5.57. The van der Waals surface area contributed by atoms with E-state index in [1.807, 2.05) is 0 Å². The van der Waals surface area contributed by atoms with Gasteiger partial charge in [-0.1, -0.05) is 0 Å². The van der Waals surface area contributed by atoms with Gasteiger partial charge in [-0.25, -0.2) is 0 Å². The number of hydrogen-bond acceptors (Lipinski definition) is 2. The predicted molar refractivity (Wildman–Crippen MR) is 51.5 cm³/mol. The van der Waals surface area contributed by atoms with E-state index < -0.39 is 0 Å². The van der Waals surface area contributed by atoms with E-state index >= 15 is 0 Å². The molecule has 2 aliphatic heterocycles. The van der Waals surface area contributed by atoms with Gasteiger partial charge in [-0.2, -0.15) is 0 Å². The van der Waals surface area contributed by atoms with Crippen LogP contribution in [0.25, 0.3) is 0 Å². The van der Waals surface area contributed by atoms with Crippen LogP contribution >= 0.6 is 0 Å². The van der Waals surface area contributed by atoms with Crippen LogP contribution in [-0.4, -0.2) is 25.7 Å². The highest BCUT2D eigenvalue weighted by Crippen LogP contribution is 2.02. The molecule has 0 aromatic rings. The predicted octanol–water partition coefficient (Wildman–Crippen LogP) is 1.47. The second kappa shape index (κ2) is 6.89. The molecule has 0 saturated carbocycles. The van der Waals surface area contributed by atoms with E-state index in [4.69, 9.17) is 4.74 Å². The lowest BCUT2D eigenvalue weighted by Gasteiger charge is -2.08. The summed E-state index contributed by atoms with van der Waals surface area (Å²) in [5.74, 6) is 0.214. The summed E-state index contributed by atoms with van der Waals surface area (Å²) in [5, 5.41) is 2.74. The number of rotatable bonds is 0. The molecule has 2 saturated heterocycles. The molecule has 0 aromatic heterocycles. The summed E-state index contributed by atoms with van der Waals surface area (Å²) in [6, 6.07) is 0. The topological polar surface area (TPSA) is 38.3 Å². The number of amides is 1. The molecule has 1 N–H and O–H groups in total. The first kappa shape index (κ1) is 10.5. The zero-order valence-electron chi connectivity index (χ0n) is 8.18. The van der Waals surface area contributed by atoms with Gasteiger partial charge in [0, 0.05) is 26.2 Å². The molecule has 3 nitrogen and oxygen atoms in total. The number of nitrogens with one attached hydrogen (secondary N) is 1. The maximum atomic E-state index is 10.4. The minimum Gasteiger partial charge on any atom is -0.381 e. The Hall–Kier alpha value is -0.570. The maximum absolute atomic E-state index is 10.4. The van der Waals surface area contributed by atoms with Gasteiger partial charge >= 0.3 is 0 Å². The monoisotopic (exact) mass is 185 g/mol. The molecule has 0 aromatic carbocycles. The molecular formula is C10H19NO2. The van der Waals surface area contributed by atoms with Crippen LogP contribution in [-0.2, 0) is 9.53 Å². The normalized spacial score (nSPS) is 22.6. The molecule has 0 spiro atoms. The molecule has 3 heteroatoms. The highest BCUT2D eigenvalue weighted by molar-refractivity contribution is 5.76. The van der Waals surface area contributed by atoms with E-state index in [-0.39, 0.29) is 5.91 Å². The SMILES string of the molecule is C1CCOCC1.O=C1CCCCN1. The van der Waals surface area contributed by atoms with Crippen molar-refractivity contribution >= 4 is 5.91 Å². The average Bonchev–Trinajstić information content (AvgIpc) is 2.22. The quantitative estimate of drug-likeness (QED) is 0.620. The van der Waals surface area contributed by atoms with Crippen molar-refractivity contribution in [2.45, 2.75) is 38.5 Å². The van der Waals surface area contributed by atoms with Gasteiger partial charge in [0.2, 0.25) is 5.91 Å². The Morgan fingerprint density at radius 2 is 1.77 bits per heavy atom. The zero-order chi connectivity index (χ0) is 9.36. The first-order valence-corrected chi connectivity index (χ1v) is 5.24. The van der Waals surface area contributed by atoms with Crippen LogP contribution in [0.2, 0.25) is 0 Å². The molecule has 1 amide bonds. The summed E-state index contributed by atoms with van der Waals surface area (Å²) in [6.07, 6.45) is 6.90. The number of carbonyl (C=O) groups is 1. The zero-order valence-corrected chi connectivity index (χ0v) is 8.18. The van der Waals surface area contributed by atoms with Crippen LogP contribution in [0, 0.1) is 0 Å². The number of carbonyl (C=O) groups excluding carboxylic acids is 1. The van der Waals surface area contributed by atoms with Crippen LogP contribution < -0.4 is 5.32 Å². The molecular weight excluding hydrogens is 166 g/mol. The van der Waals surface area contributed by atoms with E-state index in [1.54, 1.807) is 0 Å². The van der Waals surface area contributed by atoms with Crippen LogP contribution in [0.15, 0.2) is 0 Å². The fraction of sp³-hybridized carbons (Fsp3) is 0.900. The second-order valence-corrected chi connectivity index (χ2v) is 3.48. The molecule has 0 unspecified atom stereocenters. The Morgan fingerprint density at radius 1 is 1.00 bits per heavy atom. The molecule has 76 valence electrons. The Morgan fingerprint density at radius 3 is 2.00 bits per heavy atom. The van der Waals surface area contributed by atoms with Crippen molar-refractivity contribution in [3.8, 4) is 0 Å². The van der Waals surface area contributed by atoms with Gasteiger partial charge in [0.05, 0.1) is 0 Å². The van der Waals surface area contributed by atoms with Crippen molar-refractivity contribution < 1.29 is 9.53 Å². The van der Waals surface area contributed by atoms with Gasteiger partial charge in [-0.05, 0) is 32.1 Å². The number of ether oxygens (including phenoxy) is 1. The molecule has 0 bridgehead atoms. The molecule has 2 rings (SSSR count). The molecule has 13 heavy (non-hydrogen) atoms. The highest BCUT2D eigenvalue weighted by atomic mass is 16.5. The summed E-state index contributed by atoms with van der Waals surface area (Å²) in [5.41, 5.74) is 0. The Labute approximate surface area is 79.8 Å². The van der Waals surface area contributed by atoms with E-state index in [0.29, 0.717) is 0 Å². The smallest absolute Gasteiger partial charge is 0.219 e. The van der Waals surface area contributed by atoms with Crippen LogP contribution in [0.4, 0.5) is 0 Å². The largest absolute Gasteiger partial charge is 0.381 e. The third kappa shape index (κ3) is 5.64. The van der Waals surface area contributed by atoms with Crippen molar-refractivity contribution in [2.24, 2.45) is 0 Å². The van der Waals surface area contributed by atoms with Crippen molar-refractivity contribution in [3.63, 3.8) is 0 Å². The summed E-state index contributed by atoms with van der Waals surface area (Å²) in [6.45, 7) is 2.89. The lowest BCUT2D eigenvalue weighted by atomic mass is 10.2. The van der Waals surface area contributed by atoms with Crippen LogP contribution in [0.3, 0.4) is 0 Å². The van der Waals surface area contributed by atoms with E-state index in [9.17, 15) is 4.79 Å². The van der Waals surface area contributed by atoms with Gasteiger partial charge in [0.1, 0.15) is 0 Å². The van der Waals surface area contributed by atoms with Crippen LogP contribution in [0.5, 0.6) is 0 Å². The van der Waals surface area contributed by atoms with Crippen molar-refractivity contribution in [1.29, 1.82) is 0 Å². The molecule has 2 fully saturated rings.